The van der Waals surface area contributed by atoms with Crippen molar-refractivity contribution < 1.29 is 18.0 Å². The van der Waals surface area contributed by atoms with Crippen LogP contribution in [-0.4, -0.2) is 50.0 Å². The highest BCUT2D eigenvalue weighted by molar-refractivity contribution is 7.91. The average Bonchev–Trinajstić information content (AvgIpc) is 3.47. The summed E-state index contributed by atoms with van der Waals surface area (Å²) in [4.78, 5) is 28.9. The summed E-state index contributed by atoms with van der Waals surface area (Å²) in [6.07, 6.45) is 4.70. The van der Waals surface area contributed by atoms with Crippen molar-refractivity contribution in [2.45, 2.75) is 63.3 Å². The molecule has 158 valence electrons. The predicted molar refractivity (Wildman–Crippen MR) is 111 cm³/mol. The molecule has 1 saturated carbocycles. The summed E-state index contributed by atoms with van der Waals surface area (Å²) in [6, 6.07) is 5.11. The molecule has 2 aliphatic heterocycles. The minimum Gasteiger partial charge on any atom is -0.342 e. The smallest absolute Gasteiger partial charge is 0.230 e. The Morgan fingerprint density at radius 3 is 2.59 bits per heavy atom. The zero-order valence-electron chi connectivity index (χ0n) is 17.3. The van der Waals surface area contributed by atoms with Crippen molar-refractivity contribution in [3.63, 3.8) is 0 Å². The van der Waals surface area contributed by atoms with Gasteiger partial charge in [-0.2, -0.15) is 0 Å². The first kappa shape index (κ1) is 20.4. The van der Waals surface area contributed by atoms with Gasteiger partial charge in [-0.15, -0.1) is 0 Å². The molecule has 29 heavy (non-hydrogen) atoms. The SMILES string of the molecule is CC1CCCN(C(=O)CCS(=O)(=O)c2ccc3c(c2)CC(C)N3C(=O)C2CC2)C1. The molecule has 4 rings (SSSR count). The lowest BCUT2D eigenvalue weighted by Gasteiger charge is -2.31. The van der Waals surface area contributed by atoms with Gasteiger partial charge >= 0.3 is 0 Å². The molecule has 7 heteroatoms. The van der Waals surface area contributed by atoms with Crippen LogP contribution in [0.2, 0.25) is 0 Å². The highest BCUT2D eigenvalue weighted by atomic mass is 32.2. The zero-order chi connectivity index (χ0) is 20.8. The van der Waals surface area contributed by atoms with E-state index < -0.39 is 9.84 Å². The van der Waals surface area contributed by atoms with E-state index in [9.17, 15) is 18.0 Å². The Bertz CT molecular complexity index is 923. The van der Waals surface area contributed by atoms with Crippen molar-refractivity contribution in [3.8, 4) is 0 Å². The molecule has 0 N–H and O–H groups in total. The van der Waals surface area contributed by atoms with Gasteiger partial charge in [0.25, 0.3) is 0 Å². The van der Waals surface area contributed by atoms with E-state index in [0.29, 0.717) is 12.3 Å². The number of amides is 2. The average molecular weight is 419 g/mol. The maximum atomic E-state index is 12.8. The number of sulfone groups is 1. The van der Waals surface area contributed by atoms with Crippen LogP contribution < -0.4 is 4.90 Å². The number of likely N-dealkylation sites (tertiary alicyclic amines) is 1. The Morgan fingerprint density at radius 1 is 1.14 bits per heavy atom. The second-order valence-corrected chi connectivity index (χ2v) is 11.1. The molecule has 1 saturated heterocycles. The van der Waals surface area contributed by atoms with Gasteiger partial charge in [-0.25, -0.2) is 8.42 Å². The number of hydrogen-bond acceptors (Lipinski definition) is 4. The van der Waals surface area contributed by atoms with E-state index in [0.717, 1.165) is 50.0 Å². The minimum atomic E-state index is -3.54. The van der Waals surface area contributed by atoms with Gasteiger partial charge in [-0.3, -0.25) is 9.59 Å². The quantitative estimate of drug-likeness (QED) is 0.737. The summed E-state index contributed by atoms with van der Waals surface area (Å²) in [5.74, 6) is 0.527. The highest BCUT2D eigenvalue weighted by Crippen LogP contribution is 2.39. The Balaban J connectivity index is 1.45. The summed E-state index contributed by atoms with van der Waals surface area (Å²) in [6.45, 7) is 5.58. The molecule has 2 amide bonds. The van der Waals surface area contributed by atoms with Crippen molar-refractivity contribution in [1.82, 2.24) is 4.90 Å². The van der Waals surface area contributed by atoms with Gasteiger partial charge in [-0.1, -0.05) is 6.92 Å². The molecule has 1 aromatic carbocycles. The van der Waals surface area contributed by atoms with Crippen LogP contribution in [0.5, 0.6) is 0 Å². The Hall–Kier alpha value is -1.89. The molecule has 3 aliphatic rings. The van der Waals surface area contributed by atoms with Crippen molar-refractivity contribution in [2.75, 3.05) is 23.7 Å². The van der Waals surface area contributed by atoms with Crippen LogP contribution in [0, 0.1) is 11.8 Å². The van der Waals surface area contributed by atoms with Crippen LogP contribution in [0.15, 0.2) is 23.1 Å². The Labute approximate surface area is 173 Å². The van der Waals surface area contributed by atoms with E-state index >= 15 is 0 Å². The monoisotopic (exact) mass is 418 g/mol. The summed E-state index contributed by atoms with van der Waals surface area (Å²) < 4.78 is 25.7. The number of anilines is 1. The predicted octanol–water partition coefficient (Wildman–Crippen LogP) is 2.80. The number of nitrogens with zero attached hydrogens (tertiary/aromatic N) is 2. The van der Waals surface area contributed by atoms with Gasteiger partial charge < -0.3 is 9.80 Å². The van der Waals surface area contributed by atoms with Crippen LogP contribution in [0.4, 0.5) is 5.69 Å². The second-order valence-electron chi connectivity index (χ2n) is 8.98. The van der Waals surface area contributed by atoms with Gasteiger partial charge in [0.15, 0.2) is 9.84 Å². The van der Waals surface area contributed by atoms with Gasteiger partial charge in [0.2, 0.25) is 11.8 Å². The number of benzene rings is 1. The standard InChI is InChI=1S/C22H30N2O4S/c1-15-4-3-10-23(14-15)21(25)9-11-29(27,28)19-7-8-20-18(13-19)12-16(2)24(20)22(26)17-5-6-17/h7-8,13,15-17H,3-6,9-12,14H2,1-2H3. The van der Waals surface area contributed by atoms with Crippen molar-refractivity contribution in [2.24, 2.45) is 11.8 Å². The minimum absolute atomic E-state index is 0.0227. The van der Waals surface area contributed by atoms with Crippen LogP contribution >= 0.6 is 0 Å². The lowest BCUT2D eigenvalue weighted by atomic mass is 10.0. The lowest BCUT2D eigenvalue weighted by Crippen LogP contribution is -2.39. The van der Waals surface area contributed by atoms with Crippen molar-refractivity contribution in [3.05, 3.63) is 23.8 Å². The maximum Gasteiger partial charge on any atom is 0.230 e. The third-order valence-electron chi connectivity index (χ3n) is 6.38. The van der Waals surface area contributed by atoms with Crippen LogP contribution in [0.25, 0.3) is 0 Å². The van der Waals surface area contributed by atoms with Crippen LogP contribution in [0.3, 0.4) is 0 Å². The number of carbonyl (C=O) groups is 2. The molecule has 1 aliphatic carbocycles. The first-order valence-electron chi connectivity index (χ1n) is 10.7. The molecule has 6 nitrogen and oxygen atoms in total. The first-order chi connectivity index (χ1) is 13.8. The number of fused-ring (bicyclic) bond motifs is 1. The van der Waals surface area contributed by atoms with E-state index in [1.165, 1.54) is 0 Å². The molecule has 2 heterocycles. The lowest BCUT2D eigenvalue weighted by molar-refractivity contribution is -0.132. The van der Waals surface area contributed by atoms with E-state index in [-0.39, 0.29) is 40.8 Å². The number of rotatable bonds is 5. The number of carbonyl (C=O) groups excluding carboxylic acids is 2. The fourth-order valence-corrected chi connectivity index (χ4v) is 5.85. The summed E-state index contributed by atoms with van der Waals surface area (Å²) >= 11 is 0. The number of hydrogen-bond donors (Lipinski definition) is 0. The fourth-order valence-electron chi connectivity index (χ4n) is 4.58. The van der Waals surface area contributed by atoms with Gasteiger partial charge in [0, 0.05) is 37.2 Å². The molecule has 0 radical (unpaired) electrons. The summed E-state index contributed by atoms with van der Waals surface area (Å²) in [5.41, 5.74) is 1.75. The third-order valence-corrected chi connectivity index (χ3v) is 8.10. The normalized spacial score (nSPS) is 24.5. The third kappa shape index (κ3) is 4.20. The molecule has 1 aromatic rings. The molecule has 2 atom stereocenters. The molecular weight excluding hydrogens is 388 g/mol. The van der Waals surface area contributed by atoms with Crippen LogP contribution in [0.1, 0.15) is 51.5 Å². The largest absolute Gasteiger partial charge is 0.342 e. The Morgan fingerprint density at radius 2 is 1.90 bits per heavy atom. The molecule has 0 spiro atoms. The summed E-state index contributed by atoms with van der Waals surface area (Å²) in [5, 5.41) is 0. The highest BCUT2D eigenvalue weighted by Gasteiger charge is 2.39. The fraction of sp³-hybridized carbons (Fsp3) is 0.636. The van der Waals surface area contributed by atoms with Gasteiger partial charge in [-0.05, 0) is 68.7 Å². The molecule has 0 aromatic heterocycles. The van der Waals surface area contributed by atoms with Crippen molar-refractivity contribution in [1.29, 1.82) is 0 Å². The molecule has 0 bridgehead atoms. The molecular formula is C22H30N2O4S. The Kier molecular flexibility index (Phi) is 5.44. The molecule has 2 fully saturated rings. The van der Waals surface area contributed by atoms with E-state index in [2.05, 4.69) is 6.92 Å². The number of piperidine rings is 1. The maximum absolute atomic E-state index is 12.8. The first-order valence-corrected chi connectivity index (χ1v) is 12.4. The van der Waals surface area contributed by atoms with Gasteiger partial charge in [0.05, 0.1) is 10.6 Å². The molecule has 2 unspecified atom stereocenters. The van der Waals surface area contributed by atoms with Gasteiger partial charge in [0.1, 0.15) is 0 Å². The van der Waals surface area contributed by atoms with Crippen LogP contribution in [-0.2, 0) is 25.8 Å². The zero-order valence-corrected chi connectivity index (χ0v) is 18.1. The second kappa shape index (κ2) is 7.74. The van der Waals surface area contributed by atoms with E-state index in [4.69, 9.17) is 0 Å². The topological polar surface area (TPSA) is 74.8 Å². The van der Waals surface area contributed by atoms with E-state index in [1.807, 2.05) is 11.8 Å². The summed E-state index contributed by atoms with van der Waals surface area (Å²) in [7, 11) is -3.54. The van der Waals surface area contributed by atoms with E-state index in [1.54, 1.807) is 23.1 Å². The van der Waals surface area contributed by atoms with Crippen molar-refractivity contribution >= 4 is 27.3 Å².